The number of benzene rings is 1. The van der Waals surface area contributed by atoms with Gasteiger partial charge in [-0.2, -0.15) is 0 Å². The lowest BCUT2D eigenvalue weighted by molar-refractivity contribution is 0.426. The van der Waals surface area contributed by atoms with Crippen LogP contribution in [0.5, 0.6) is 0 Å². The summed E-state index contributed by atoms with van der Waals surface area (Å²) >= 11 is 0. The van der Waals surface area contributed by atoms with Gasteiger partial charge in [-0.3, -0.25) is 0 Å². The van der Waals surface area contributed by atoms with Crippen LogP contribution in [0.4, 0.5) is 0 Å². The van der Waals surface area contributed by atoms with E-state index in [2.05, 4.69) is 4.72 Å². The van der Waals surface area contributed by atoms with Gasteiger partial charge in [0, 0.05) is 12.6 Å². The number of nitrogens with two attached hydrogens (primary N) is 1. The average molecular weight is 310 g/mol. The van der Waals surface area contributed by atoms with Gasteiger partial charge in [-0.05, 0) is 37.0 Å². The van der Waals surface area contributed by atoms with Crippen molar-refractivity contribution in [1.82, 2.24) is 4.72 Å². The Morgan fingerprint density at radius 2 is 1.76 bits per heavy atom. The Bertz CT molecular complexity index is 562. The van der Waals surface area contributed by atoms with Crippen molar-refractivity contribution >= 4 is 10.0 Å². The highest BCUT2D eigenvalue weighted by Gasteiger charge is 2.22. The summed E-state index contributed by atoms with van der Waals surface area (Å²) in [4.78, 5) is 0.368. The SMILES string of the molecule is Cc1c(CN)cccc1S(=O)(=O)NC1CCCCCCC1. The van der Waals surface area contributed by atoms with Gasteiger partial charge in [0.25, 0.3) is 0 Å². The fraction of sp³-hybridized carbons (Fsp3) is 0.625. The highest BCUT2D eigenvalue weighted by atomic mass is 32.2. The van der Waals surface area contributed by atoms with E-state index in [4.69, 9.17) is 5.73 Å². The van der Waals surface area contributed by atoms with Crippen molar-refractivity contribution in [2.75, 3.05) is 0 Å². The molecular weight excluding hydrogens is 284 g/mol. The van der Waals surface area contributed by atoms with Crippen LogP contribution in [0.1, 0.15) is 56.1 Å². The molecule has 118 valence electrons. The first kappa shape index (κ1) is 16.5. The molecule has 0 bridgehead atoms. The van der Waals surface area contributed by atoms with E-state index in [1.165, 1.54) is 19.3 Å². The van der Waals surface area contributed by atoms with Gasteiger partial charge in [0.05, 0.1) is 4.90 Å². The zero-order valence-corrected chi connectivity index (χ0v) is 13.6. The van der Waals surface area contributed by atoms with E-state index in [1.54, 1.807) is 12.1 Å². The van der Waals surface area contributed by atoms with Crippen LogP contribution in [0.25, 0.3) is 0 Å². The molecule has 1 fully saturated rings. The van der Waals surface area contributed by atoms with Crippen LogP contribution in [0.3, 0.4) is 0 Å². The van der Waals surface area contributed by atoms with E-state index in [-0.39, 0.29) is 6.04 Å². The third-order valence-corrected chi connectivity index (χ3v) is 6.00. The molecule has 0 aliphatic heterocycles. The highest BCUT2D eigenvalue weighted by molar-refractivity contribution is 7.89. The summed E-state index contributed by atoms with van der Waals surface area (Å²) in [6.07, 6.45) is 7.78. The lowest BCUT2D eigenvalue weighted by Gasteiger charge is -2.22. The van der Waals surface area contributed by atoms with Crippen molar-refractivity contribution < 1.29 is 8.42 Å². The van der Waals surface area contributed by atoms with Crippen molar-refractivity contribution in [3.05, 3.63) is 29.3 Å². The average Bonchev–Trinajstić information content (AvgIpc) is 2.41. The van der Waals surface area contributed by atoms with Crippen LogP contribution >= 0.6 is 0 Å². The Morgan fingerprint density at radius 3 is 2.38 bits per heavy atom. The molecule has 1 aliphatic carbocycles. The van der Waals surface area contributed by atoms with E-state index in [9.17, 15) is 8.42 Å². The molecule has 0 spiro atoms. The van der Waals surface area contributed by atoms with Gasteiger partial charge in [0.2, 0.25) is 10.0 Å². The first-order valence-electron chi connectivity index (χ1n) is 7.85. The molecule has 0 radical (unpaired) electrons. The maximum Gasteiger partial charge on any atom is 0.241 e. The van der Waals surface area contributed by atoms with Crippen LogP contribution in [-0.4, -0.2) is 14.5 Å². The van der Waals surface area contributed by atoms with Gasteiger partial charge < -0.3 is 5.73 Å². The third kappa shape index (κ3) is 4.28. The molecule has 1 aromatic rings. The zero-order chi connectivity index (χ0) is 15.3. The number of sulfonamides is 1. The Balaban J connectivity index is 2.17. The van der Waals surface area contributed by atoms with Crippen molar-refractivity contribution in [2.24, 2.45) is 5.73 Å². The van der Waals surface area contributed by atoms with Crippen LogP contribution < -0.4 is 10.5 Å². The molecule has 0 atom stereocenters. The van der Waals surface area contributed by atoms with Crippen LogP contribution in [-0.2, 0) is 16.6 Å². The van der Waals surface area contributed by atoms with E-state index >= 15 is 0 Å². The highest BCUT2D eigenvalue weighted by Crippen LogP contribution is 2.22. The number of nitrogens with one attached hydrogen (secondary N) is 1. The van der Waals surface area contributed by atoms with Crippen LogP contribution in [0.2, 0.25) is 0 Å². The Hall–Kier alpha value is -0.910. The van der Waals surface area contributed by atoms with Crippen molar-refractivity contribution in [2.45, 2.75) is 69.4 Å². The fourth-order valence-electron chi connectivity index (χ4n) is 3.03. The van der Waals surface area contributed by atoms with Crippen LogP contribution in [0, 0.1) is 6.92 Å². The minimum absolute atomic E-state index is 0.0660. The molecule has 4 nitrogen and oxygen atoms in total. The Morgan fingerprint density at radius 1 is 1.14 bits per heavy atom. The first-order chi connectivity index (χ1) is 10.0. The summed E-state index contributed by atoms with van der Waals surface area (Å²) in [5, 5.41) is 0. The topological polar surface area (TPSA) is 72.2 Å². The Kier molecular flexibility index (Phi) is 5.79. The first-order valence-corrected chi connectivity index (χ1v) is 9.34. The molecule has 1 aromatic carbocycles. The minimum atomic E-state index is -3.46. The molecule has 0 heterocycles. The summed E-state index contributed by atoms with van der Waals surface area (Å²) in [5.74, 6) is 0. The van der Waals surface area contributed by atoms with Gasteiger partial charge in [-0.15, -0.1) is 0 Å². The molecular formula is C16H26N2O2S. The second-order valence-corrected chi connectivity index (χ2v) is 7.59. The molecule has 0 saturated heterocycles. The molecule has 21 heavy (non-hydrogen) atoms. The summed E-state index contributed by atoms with van der Waals surface area (Å²) in [6.45, 7) is 2.19. The number of hydrogen-bond donors (Lipinski definition) is 2. The van der Waals surface area contributed by atoms with Crippen molar-refractivity contribution in [3.8, 4) is 0 Å². The summed E-state index contributed by atoms with van der Waals surface area (Å²) in [6, 6.07) is 5.38. The summed E-state index contributed by atoms with van der Waals surface area (Å²) in [5.41, 5.74) is 7.32. The maximum absolute atomic E-state index is 12.6. The van der Waals surface area contributed by atoms with Gasteiger partial charge in [0.15, 0.2) is 0 Å². The van der Waals surface area contributed by atoms with E-state index < -0.39 is 10.0 Å². The molecule has 1 aliphatic rings. The van der Waals surface area contributed by atoms with E-state index in [0.717, 1.165) is 36.8 Å². The molecule has 0 aromatic heterocycles. The quantitative estimate of drug-likeness (QED) is 0.898. The molecule has 0 amide bonds. The van der Waals surface area contributed by atoms with Gasteiger partial charge >= 0.3 is 0 Å². The smallest absolute Gasteiger partial charge is 0.241 e. The normalized spacial score (nSPS) is 18.2. The largest absolute Gasteiger partial charge is 0.326 e. The van der Waals surface area contributed by atoms with Gasteiger partial charge in [-0.1, -0.05) is 44.2 Å². The molecule has 0 unspecified atom stereocenters. The van der Waals surface area contributed by atoms with Gasteiger partial charge in [0.1, 0.15) is 0 Å². The molecule has 5 heteroatoms. The zero-order valence-electron chi connectivity index (χ0n) is 12.8. The van der Waals surface area contributed by atoms with Crippen LogP contribution in [0.15, 0.2) is 23.1 Å². The predicted octanol–water partition coefficient (Wildman–Crippen LogP) is 2.84. The second-order valence-electron chi connectivity index (χ2n) is 5.91. The predicted molar refractivity (Wildman–Crippen MR) is 85.5 cm³/mol. The molecule has 1 saturated carbocycles. The summed E-state index contributed by atoms with van der Waals surface area (Å²) in [7, 11) is -3.46. The van der Waals surface area contributed by atoms with E-state index in [0.29, 0.717) is 11.4 Å². The monoisotopic (exact) mass is 310 g/mol. The maximum atomic E-state index is 12.6. The fourth-order valence-corrected chi connectivity index (χ4v) is 4.62. The van der Waals surface area contributed by atoms with Gasteiger partial charge in [-0.25, -0.2) is 13.1 Å². The second kappa shape index (κ2) is 7.38. The summed E-state index contributed by atoms with van der Waals surface area (Å²) < 4.78 is 28.2. The minimum Gasteiger partial charge on any atom is -0.326 e. The lowest BCUT2D eigenvalue weighted by Crippen LogP contribution is -2.35. The number of hydrogen-bond acceptors (Lipinski definition) is 3. The molecule has 2 rings (SSSR count). The molecule has 3 N–H and O–H groups in total. The van der Waals surface area contributed by atoms with Crippen molar-refractivity contribution in [3.63, 3.8) is 0 Å². The third-order valence-electron chi connectivity index (χ3n) is 4.33. The van der Waals surface area contributed by atoms with E-state index in [1.807, 2.05) is 13.0 Å². The number of rotatable bonds is 4. The van der Waals surface area contributed by atoms with Crippen molar-refractivity contribution in [1.29, 1.82) is 0 Å². The Labute approximate surface area is 128 Å². The lowest BCUT2D eigenvalue weighted by atomic mass is 9.97. The standard InChI is InChI=1S/C16H26N2O2S/c1-13-14(12-17)8-7-11-16(13)21(19,20)18-15-9-5-3-2-4-6-10-15/h7-8,11,15,18H,2-6,9-10,12,17H2,1H3.